The quantitative estimate of drug-likeness (QED) is 0.607. The monoisotopic (exact) mass is 309 g/mol. The lowest BCUT2D eigenvalue weighted by atomic mass is 9.96. The van der Waals surface area contributed by atoms with Gasteiger partial charge in [-0.2, -0.15) is 0 Å². The van der Waals surface area contributed by atoms with E-state index in [0.29, 0.717) is 5.56 Å². The first-order valence-electron chi connectivity index (χ1n) is 7.79. The van der Waals surface area contributed by atoms with Crippen LogP contribution in [0.15, 0.2) is 52.1 Å². The number of aromatic nitrogens is 3. The molecular weight excluding hydrogens is 294 g/mol. The standard InChI is InChI=1S/C17H15N3O3/c1-18-16(22)19-10-7-8-11(20(19)17(18)23)13-12(10)14(13)15(21)9-5-3-2-4-6-9/h2-8,10-14H,1H3/t10-,11+,12+,13-,14?. The highest BCUT2D eigenvalue weighted by Gasteiger charge is 2.66. The number of hydrogen-bond acceptors (Lipinski definition) is 3. The van der Waals surface area contributed by atoms with Crippen LogP contribution in [0.25, 0.3) is 0 Å². The zero-order chi connectivity index (χ0) is 15.9. The second-order valence-corrected chi connectivity index (χ2v) is 6.59. The summed E-state index contributed by atoms with van der Waals surface area (Å²) in [5, 5.41) is 0. The summed E-state index contributed by atoms with van der Waals surface area (Å²) in [5.74, 6) is 0.253. The molecule has 1 aromatic heterocycles. The molecule has 1 saturated carbocycles. The summed E-state index contributed by atoms with van der Waals surface area (Å²) in [7, 11) is 1.50. The number of allylic oxidation sites excluding steroid dienone is 2. The van der Waals surface area contributed by atoms with E-state index in [1.807, 2.05) is 42.5 Å². The van der Waals surface area contributed by atoms with Crippen molar-refractivity contribution in [3.05, 3.63) is 69.0 Å². The van der Waals surface area contributed by atoms with Crippen LogP contribution in [0.1, 0.15) is 22.4 Å². The second-order valence-electron chi connectivity index (χ2n) is 6.59. The Hall–Kier alpha value is -2.63. The van der Waals surface area contributed by atoms with Gasteiger partial charge in [-0.05, 0) is 0 Å². The fourth-order valence-electron chi connectivity index (χ4n) is 4.47. The Labute approximate surface area is 131 Å². The van der Waals surface area contributed by atoms with Crippen molar-refractivity contribution in [1.29, 1.82) is 0 Å². The van der Waals surface area contributed by atoms with E-state index in [-0.39, 0.29) is 47.0 Å². The Kier molecular flexibility index (Phi) is 2.24. The van der Waals surface area contributed by atoms with Crippen molar-refractivity contribution in [2.75, 3.05) is 0 Å². The summed E-state index contributed by atoms with van der Waals surface area (Å²) in [5.41, 5.74) is 0.104. The van der Waals surface area contributed by atoms with Crippen molar-refractivity contribution in [2.24, 2.45) is 24.8 Å². The molecule has 5 atom stereocenters. The van der Waals surface area contributed by atoms with E-state index in [0.717, 1.165) is 4.57 Å². The van der Waals surface area contributed by atoms with Gasteiger partial charge in [0.25, 0.3) is 0 Å². The third kappa shape index (κ3) is 1.41. The van der Waals surface area contributed by atoms with Gasteiger partial charge in [-0.3, -0.25) is 4.79 Å². The lowest BCUT2D eigenvalue weighted by Crippen LogP contribution is -2.40. The number of hydrogen-bond donors (Lipinski definition) is 0. The van der Waals surface area contributed by atoms with Gasteiger partial charge in [0.2, 0.25) is 0 Å². The Morgan fingerprint density at radius 2 is 1.43 bits per heavy atom. The van der Waals surface area contributed by atoms with Crippen LogP contribution >= 0.6 is 0 Å². The zero-order valence-electron chi connectivity index (χ0n) is 12.5. The zero-order valence-corrected chi connectivity index (χ0v) is 12.5. The predicted octanol–water partition coefficient (Wildman–Crippen LogP) is 0.759. The van der Waals surface area contributed by atoms with Crippen molar-refractivity contribution in [3.8, 4) is 0 Å². The molecule has 0 radical (unpaired) electrons. The van der Waals surface area contributed by atoms with Crippen LogP contribution in [0.5, 0.6) is 0 Å². The van der Waals surface area contributed by atoms with Crippen LogP contribution in [0.3, 0.4) is 0 Å². The highest BCUT2D eigenvalue weighted by atomic mass is 16.2. The highest BCUT2D eigenvalue weighted by Crippen LogP contribution is 2.64. The van der Waals surface area contributed by atoms with Crippen molar-refractivity contribution in [2.45, 2.75) is 12.1 Å². The molecule has 4 aliphatic rings. The number of rotatable bonds is 2. The first kappa shape index (κ1) is 12.9. The Bertz CT molecular complexity index is 927. The van der Waals surface area contributed by atoms with Gasteiger partial charge in [0.15, 0.2) is 5.78 Å². The summed E-state index contributed by atoms with van der Waals surface area (Å²) >= 11 is 0. The molecule has 0 spiro atoms. The molecule has 6 rings (SSSR count). The van der Waals surface area contributed by atoms with Gasteiger partial charge in [-0.15, -0.1) is 0 Å². The molecule has 6 nitrogen and oxygen atoms in total. The van der Waals surface area contributed by atoms with E-state index in [2.05, 4.69) is 0 Å². The van der Waals surface area contributed by atoms with Crippen LogP contribution in [0.2, 0.25) is 0 Å². The van der Waals surface area contributed by atoms with Crippen molar-refractivity contribution in [3.63, 3.8) is 0 Å². The summed E-state index contributed by atoms with van der Waals surface area (Å²) in [6, 6.07) is 8.87. The summed E-state index contributed by atoms with van der Waals surface area (Å²) in [6.45, 7) is 0. The number of ketones is 1. The maximum atomic E-state index is 12.8. The largest absolute Gasteiger partial charge is 0.347 e. The number of benzene rings is 1. The van der Waals surface area contributed by atoms with Gasteiger partial charge in [0.05, 0.1) is 12.1 Å². The van der Waals surface area contributed by atoms with Crippen LogP contribution in [-0.4, -0.2) is 19.7 Å². The Morgan fingerprint density at radius 3 is 1.96 bits per heavy atom. The molecular formula is C17H15N3O3. The van der Waals surface area contributed by atoms with Crippen molar-refractivity contribution >= 4 is 5.78 Å². The van der Waals surface area contributed by atoms with E-state index < -0.39 is 0 Å². The minimum Gasteiger partial charge on any atom is -0.294 e. The SMILES string of the molecule is Cn1c(=O)n2n(c1=O)[C@H]1C=C[C@@H]2[C@@H]2C(C(=O)c3ccccc3)[C@@H]21. The minimum atomic E-state index is -0.300. The highest BCUT2D eigenvalue weighted by molar-refractivity contribution is 6.00. The molecule has 0 saturated heterocycles. The number of carbonyl (C=O) groups is 1. The molecule has 2 aliphatic carbocycles. The molecule has 23 heavy (non-hydrogen) atoms. The maximum absolute atomic E-state index is 12.8. The fourth-order valence-corrected chi connectivity index (χ4v) is 4.47. The van der Waals surface area contributed by atoms with E-state index in [4.69, 9.17) is 0 Å². The predicted molar refractivity (Wildman–Crippen MR) is 82.4 cm³/mol. The van der Waals surface area contributed by atoms with Crippen molar-refractivity contribution < 1.29 is 4.79 Å². The molecule has 1 unspecified atom stereocenters. The average Bonchev–Trinajstić information content (AvgIpc) is 3.32. The van der Waals surface area contributed by atoms with Gasteiger partial charge in [-0.1, -0.05) is 42.5 Å². The summed E-state index contributed by atoms with van der Waals surface area (Å²) < 4.78 is 4.21. The van der Waals surface area contributed by atoms with Crippen LogP contribution in [0, 0.1) is 17.8 Å². The molecule has 1 aromatic carbocycles. The molecule has 1 fully saturated rings. The second kappa shape index (κ2) is 4.01. The number of carbonyl (C=O) groups excluding carboxylic acids is 1. The third-order valence-corrected chi connectivity index (χ3v) is 5.55. The van der Waals surface area contributed by atoms with E-state index in [1.54, 1.807) is 0 Å². The van der Waals surface area contributed by atoms with Crippen LogP contribution in [-0.2, 0) is 7.05 Å². The summed E-state index contributed by atoms with van der Waals surface area (Å²) in [4.78, 5) is 37.4. The molecule has 2 bridgehead atoms. The molecule has 0 amide bonds. The smallest absolute Gasteiger partial charge is 0.294 e. The fraction of sp³-hybridized carbons (Fsp3) is 0.353. The Morgan fingerprint density at radius 1 is 0.913 bits per heavy atom. The molecule has 3 heterocycles. The number of nitrogens with zero attached hydrogens (tertiary/aromatic N) is 3. The van der Waals surface area contributed by atoms with E-state index in [9.17, 15) is 14.4 Å². The van der Waals surface area contributed by atoms with Gasteiger partial charge < -0.3 is 0 Å². The molecule has 2 aliphatic heterocycles. The molecule has 0 N–H and O–H groups in total. The average molecular weight is 309 g/mol. The first-order valence-corrected chi connectivity index (χ1v) is 7.79. The lowest BCUT2D eigenvalue weighted by Gasteiger charge is -2.32. The topological polar surface area (TPSA) is 66.0 Å². The first-order chi connectivity index (χ1) is 11.1. The van der Waals surface area contributed by atoms with Gasteiger partial charge >= 0.3 is 11.4 Å². The van der Waals surface area contributed by atoms with Crippen molar-refractivity contribution in [1.82, 2.24) is 13.9 Å². The lowest BCUT2D eigenvalue weighted by molar-refractivity contribution is 0.0954. The Balaban J connectivity index is 1.59. The minimum absolute atomic E-state index is 0.112. The summed E-state index contributed by atoms with van der Waals surface area (Å²) in [6.07, 6.45) is 3.95. The van der Waals surface area contributed by atoms with E-state index in [1.165, 1.54) is 16.4 Å². The van der Waals surface area contributed by atoms with Crippen LogP contribution < -0.4 is 11.4 Å². The van der Waals surface area contributed by atoms with Crippen LogP contribution in [0.4, 0.5) is 0 Å². The van der Waals surface area contributed by atoms with Gasteiger partial charge in [0.1, 0.15) is 0 Å². The molecule has 6 heteroatoms. The van der Waals surface area contributed by atoms with Gasteiger partial charge in [0, 0.05) is 30.4 Å². The van der Waals surface area contributed by atoms with E-state index >= 15 is 0 Å². The van der Waals surface area contributed by atoms with Gasteiger partial charge in [-0.25, -0.2) is 23.5 Å². The maximum Gasteiger partial charge on any atom is 0.347 e. The molecule has 2 aromatic rings. The molecule has 116 valence electrons. The third-order valence-electron chi connectivity index (χ3n) is 5.55. The number of Topliss-reactive ketones (excluding diaryl/α,β-unsaturated/α-hetero) is 1. The normalized spacial score (nSPS) is 32.5.